The summed E-state index contributed by atoms with van der Waals surface area (Å²) in [6.07, 6.45) is 5.02. The second-order valence-electron chi connectivity index (χ2n) is 4.88. The molecule has 19 heavy (non-hydrogen) atoms. The first kappa shape index (κ1) is 14.8. The number of hydrogen-bond acceptors (Lipinski definition) is 3. The fourth-order valence-electron chi connectivity index (χ4n) is 2.36. The van der Waals surface area contributed by atoms with Crippen LogP contribution >= 0.6 is 11.6 Å². The molecule has 4 nitrogen and oxygen atoms in total. The number of nitrogens with one attached hydrogen (secondary N) is 1. The van der Waals surface area contributed by atoms with Crippen LogP contribution in [-0.2, 0) is 16.6 Å². The predicted octanol–water partition coefficient (Wildman–Crippen LogP) is 2.44. The van der Waals surface area contributed by atoms with E-state index in [2.05, 4.69) is 4.72 Å². The van der Waals surface area contributed by atoms with Gasteiger partial charge in [0.25, 0.3) is 0 Å². The second-order valence-corrected chi connectivity index (χ2v) is 6.97. The minimum absolute atomic E-state index is 0.00685. The summed E-state index contributed by atoms with van der Waals surface area (Å²) in [5, 5.41) is 9.26. The van der Waals surface area contributed by atoms with Crippen LogP contribution in [0.2, 0.25) is 5.02 Å². The normalized spacial score (nSPS) is 17.6. The number of aliphatic hydroxyl groups excluding tert-OH is 1. The van der Waals surface area contributed by atoms with Gasteiger partial charge < -0.3 is 5.11 Å². The Bertz CT molecular complexity index is 539. The topological polar surface area (TPSA) is 66.4 Å². The van der Waals surface area contributed by atoms with Crippen LogP contribution in [0, 0.1) is 0 Å². The number of hydrogen-bond donors (Lipinski definition) is 2. The molecule has 0 radical (unpaired) electrons. The minimum Gasteiger partial charge on any atom is -0.392 e. The van der Waals surface area contributed by atoms with Crippen molar-refractivity contribution < 1.29 is 13.5 Å². The van der Waals surface area contributed by atoms with Crippen LogP contribution in [0.1, 0.15) is 37.7 Å². The molecule has 2 N–H and O–H groups in total. The van der Waals surface area contributed by atoms with E-state index in [1.807, 2.05) is 0 Å². The Morgan fingerprint density at radius 3 is 2.58 bits per heavy atom. The smallest absolute Gasteiger partial charge is 0.242 e. The zero-order valence-corrected chi connectivity index (χ0v) is 12.2. The molecule has 1 aromatic carbocycles. The number of halogens is 1. The van der Waals surface area contributed by atoms with Crippen LogP contribution < -0.4 is 4.72 Å². The molecule has 0 aliphatic heterocycles. The Kier molecular flexibility index (Phi) is 4.84. The Morgan fingerprint density at radius 2 is 1.95 bits per heavy atom. The third-order valence-electron chi connectivity index (χ3n) is 3.39. The van der Waals surface area contributed by atoms with Crippen molar-refractivity contribution in [1.29, 1.82) is 0 Å². The third kappa shape index (κ3) is 3.69. The zero-order chi connectivity index (χ0) is 13.9. The summed E-state index contributed by atoms with van der Waals surface area (Å²) in [7, 11) is -3.62. The van der Waals surface area contributed by atoms with E-state index in [0.717, 1.165) is 25.7 Å². The highest BCUT2D eigenvalue weighted by Crippen LogP contribution is 2.25. The number of rotatable bonds is 4. The maximum absolute atomic E-state index is 12.3. The second kappa shape index (κ2) is 6.22. The molecule has 0 amide bonds. The number of aliphatic hydroxyl groups is 1. The highest BCUT2D eigenvalue weighted by molar-refractivity contribution is 7.89. The van der Waals surface area contributed by atoms with E-state index in [9.17, 15) is 8.42 Å². The monoisotopic (exact) mass is 303 g/mol. The summed E-state index contributed by atoms with van der Waals surface area (Å²) in [6.45, 7) is -0.205. The average molecular weight is 304 g/mol. The molecule has 0 heterocycles. The summed E-state index contributed by atoms with van der Waals surface area (Å²) < 4.78 is 27.3. The number of benzene rings is 1. The number of sulfonamides is 1. The maximum Gasteiger partial charge on any atom is 0.242 e. The van der Waals surface area contributed by atoms with Gasteiger partial charge in [-0.15, -0.1) is 0 Å². The molecule has 2 rings (SSSR count). The Hall–Kier alpha value is -0.620. The van der Waals surface area contributed by atoms with Crippen LogP contribution in [-0.4, -0.2) is 19.6 Å². The van der Waals surface area contributed by atoms with Crippen molar-refractivity contribution >= 4 is 21.6 Å². The summed E-state index contributed by atoms with van der Waals surface area (Å²) >= 11 is 5.95. The highest BCUT2D eigenvalue weighted by atomic mass is 35.5. The van der Waals surface area contributed by atoms with Crippen molar-refractivity contribution in [2.45, 2.75) is 49.6 Å². The van der Waals surface area contributed by atoms with Gasteiger partial charge in [-0.3, -0.25) is 0 Å². The van der Waals surface area contributed by atoms with E-state index in [1.54, 1.807) is 6.07 Å². The Labute approximate surface area is 118 Å². The largest absolute Gasteiger partial charge is 0.392 e. The summed E-state index contributed by atoms with van der Waals surface area (Å²) in [4.78, 5) is 0.0475. The quantitative estimate of drug-likeness (QED) is 0.898. The van der Waals surface area contributed by atoms with E-state index in [1.165, 1.54) is 18.6 Å². The lowest BCUT2D eigenvalue weighted by Crippen LogP contribution is -2.36. The van der Waals surface area contributed by atoms with Crippen LogP contribution in [0.15, 0.2) is 23.1 Å². The molecular weight excluding hydrogens is 286 g/mol. The molecule has 0 unspecified atom stereocenters. The molecule has 6 heteroatoms. The van der Waals surface area contributed by atoms with Crippen molar-refractivity contribution in [2.75, 3.05) is 0 Å². The van der Waals surface area contributed by atoms with Gasteiger partial charge in [-0.25, -0.2) is 13.1 Å². The van der Waals surface area contributed by atoms with Gasteiger partial charge in [-0.05, 0) is 30.5 Å². The highest BCUT2D eigenvalue weighted by Gasteiger charge is 2.24. The van der Waals surface area contributed by atoms with E-state index in [4.69, 9.17) is 16.7 Å². The van der Waals surface area contributed by atoms with Crippen LogP contribution in [0.4, 0.5) is 0 Å². The van der Waals surface area contributed by atoms with Crippen molar-refractivity contribution in [3.63, 3.8) is 0 Å². The SMILES string of the molecule is O=S(=O)(NC1CCCCC1)c1cc(CO)ccc1Cl. The molecule has 0 bridgehead atoms. The standard InChI is InChI=1S/C13H18ClNO3S/c14-12-7-6-10(9-16)8-13(12)19(17,18)15-11-4-2-1-3-5-11/h6-8,11,15-16H,1-5,9H2. The predicted molar refractivity (Wildman–Crippen MR) is 74.6 cm³/mol. The van der Waals surface area contributed by atoms with E-state index < -0.39 is 10.0 Å². The minimum atomic E-state index is -3.62. The van der Waals surface area contributed by atoms with Gasteiger partial charge in [-0.2, -0.15) is 0 Å². The van der Waals surface area contributed by atoms with Gasteiger partial charge in [-0.1, -0.05) is 36.9 Å². The van der Waals surface area contributed by atoms with Crippen molar-refractivity contribution in [3.8, 4) is 0 Å². The van der Waals surface area contributed by atoms with Gasteiger partial charge in [0, 0.05) is 6.04 Å². The summed E-state index contributed by atoms with van der Waals surface area (Å²) in [5.74, 6) is 0. The maximum atomic E-state index is 12.3. The molecule has 0 spiro atoms. The lowest BCUT2D eigenvalue weighted by molar-refractivity contribution is 0.281. The molecule has 1 aliphatic rings. The van der Waals surface area contributed by atoms with Gasteiger partial charge >= 0.3 is 0 Å². The molecule has 1 fully saturated rings. The third-order valence-corrected chi connectivity index (χ3v) is 5.40. The van der Waals surface area contributed by atoms with Crippen molar-refractivity contribution in [2.24, 2.45) is 0 Å². The first-order valence-corrected chi connectivity index (χ1v) is 8.30. The van der Waals surface area contributed by atoms with E-state index in [0.29, 0.717) is 5.56 Å². The first-order chi connectivity index (χ1) is 9.03. The molecule has 106 valence electrons. The lowest BCUT2D eigenvalue weighted by atomic mass is 9.96. The van der Waals surface area contributed by atoms with E-state index >= 15 is 0 Å². The lowest BCUT2D eigenvalue weighted by Gasteiger charge is -2.23. The van der Waals surface area contributed by atoms with Gasteiger partial charge in [0.2, 0.25) is 10.0 Å². The molecule has 1 saturated carbocycles. The van der Waals surface area contributed by atoms with E-state index in [-0.39, 0.29) is 22.6 Å². The molecule has 1 aliphatic carbocycles. The summed E-state index contributed by atoms with van der Waals surface area (Å²) in [6, 6.07) is 4.53. The van der Waals surface area contributed by atoms with Gasteiger partial charge in [0.15, 0.2) is 0 Å². The van der Waals surface area contributed by atoms with Crippen LogP contribution in [0.3, 0.4) is 0 Å². The van der Waals surface area contributed by atoms with Gasteiger partial charge in [0.05, 0.1) is 11.6 Å². The first-order valence-electron chi connectivity index (χ1n) is 6.44. The molecule has 0 saturated heterocycles. The average Bonchev–Trinajstić information content (AvgIpc) is 2.39. The molecular formula is C13H18ClNO3S. The molecule has 0 atom stereocenters. The van der Waals surface area contributed by atoms with Gasteiger partial charge in [0.1, 0.15) is 4.90 Å². The van der Waals surface area contributed by atoms with Crippen molar-refractivity contribution in [3.05, 3.63) is 28.8 Å². The molecule has 0 aromatic heterocycles. The summed E-state index contributed by atoms with van der Waals surface area (Å²) in [5.41, 5.74) is 0.536. The zero-order valence-electron chi connectivity index (χ0n) is 10.6. The van der Waals surface area contributed by atoms with Crippen LogP contribution in [0.5, 0.6) is 0 Å². The van der Waals surface area contributed by atoms with Crippen LogP contribution in [0.25, 0.3) is 0 Å². The fraction of sp³-hybridized carbons (Fsp3) is 0.538. The fourth-order valence-corrected chi connectivity index (χ4v) is 4.21. The Morgan fingerprint density at radius 1 is 1.26 bits per heavy atom. The Balaban J connectivity index is 2.23. The van der Waals surface area contributed by atoms with Crippen molar-refractivity contribution in [1.82, 2.24) is 4.72 Å². The molecule has 1 aromatic rings.